The largest absolute Gasteiger partial charge is 0.472 e. The number of allylic oxidation sites excluding steroid dienone is 1. The third-order valence-corrected chi connectivity index (χ3v) is 4.99. The molecule has 3 N–H and O–H groups in total. The third-order valence-electron chi connectivity index (χ3n) is 4.02. The highest BCUT2D eigenvalue weighted by Crippen LogP contribution is 2.47. The van der Waals surface area contributed by atoms with Gasteiger partial charge in [-0.05, 0) is 25.0 Å². The summed E-state index contributed by atoms with van der Waals surface area (Å²) in [6.45, 7) is 3.89. The number of nitrogens with zero attached hydrogens (tertiary/aromatic N) is 2. The zero-order valence-corrected chi connectivity index (χ0v) is 15.8. The van der Waals surface area contributed by atoms with Crippen LogP contribution in [0.3, 0.4) is 0 Å². The first-order chi connectivity index (χ1) is 11.9. The normalized spacial score (nSPS) is 33.6. The Balaban J connectivity index is 2.30. The second-order valence-electron chi connectivity index (χ2n) is 5.63. The Morgan fingerprint density at radius 1 is 1.44 bits per heavy atom. The number of amidine groups is 1. The van der Waals surface area contributed by atoms with Gasteiger partial charge in [0.25, 0.3) is 0 Å². The molecule has 0 aliphatic carbocycles. The molecule has 142 valence electrons. The molecule has 0 aromatic rings. The molecule has 0 bridgehead atoms. The lowest BCUT2D eigenvalue weighted by Gasteiger charge is -2.32. The van der Waals surface area contributed by atoms with E-state index in [-0.39, 0.29) is 0 Å². The number of phosphoric ester groups is 1. The molecule has 2 heterocycles. The highest BCUT2D eigenvalue weighted by molar-refractivity contribution is 7.47. The number of hydrogen-bond acceptors (Lipinski definition) is 8. The minimum absolute atomic E-state index is 0.391. The number of rotatable bonds is 7. The predicted molar refractivity (Wildman–Crippen MR) is 92.4 cm³/mol. The summed E-state index contributed by atoms with van der Waals surface area (Å²) < 4.78 is 33.3. The molecule has 2 aliphatic rings. The zero-order chi connectivity index (χ0) is 18.6. The van der Waals surface area contributed by atoms with E-state index < -0.39 is 32.4 Å². The Labute approximate surface area is 147 Å². The topological polar surface area (TPSA) is 116 Å². The molecule has 0 amide bonds. The second kappa shape index (κ2) is 8.44. The van der Waals surface area contributed by atoms with Crippen molar-refractivity contribution in [1.29, 1.82) is 0 Å². The lowest BCUT2D eigenvalue weighted by molar-refractivity contribution is -0.0700. The standard InChI is InChI=1S/C15H26N3O6P/c1-5-7-12-17-11(16)8-9-18(12)15-14(21-3)13(10(6-2)23-15)24-25(19,20)22-4/h7-10,13-15H,5-6H2,1-4H3,(H2,16,17)(H,19,20)/t10-,13?,14?,15-/m1/s1. The number of aliphatic imine (C=N–C) groups is 1. The Hall–Kier alpha value is -1.22. The van der Waals surface area contributed by atoms with Gasteiger partial charge in [0.1, 0.15) is 23.9 Å². The first-order valence-corrected chi connectivity index (χ1v) is 9.62. The molecule has 25 heavy (non-hydrogen) atoms. The summed E-state index contributed by atoms with van der Waals surface area (Å²) >= 11 is 0. The fourth-order valence-electron chi connectivity index (χ4n) is 2.84. The molecular weight excluding hydrogens is 349 g/mol. The molecule has 0 radical (unpaired) electrons. The zero-order valence-electron chi connectivity index (χ0n) is 14.9. The van der Waals surface area contributed by atoms with Crippen LogP contribution in [0.15, 0.2) is 29.2 Å². The predicted octanol–water partition coefficient (Wildman–Crippen LogP) is 1.71. The molecule has 3 unspecified atom stereocenters. The molecule has 0 aromatic carbocycles. The summed E-state index contributed by atoms with van der Waals surface area (Å²) in [5, 5.41) is 0. The monoisotopic (exact) mass is 375 g/mol. The summed E-state index contributed by atoms with van der Waals surface area (Å²) in [5.74, 6) is 1.02. The number of hydrogen-bond donors (Lipinski definition) is 2. The van der Waals surface area contributed by atoms with Gasteiger partial charge in [0.15, 0.2) is 6.23 Å². The van der Waals surface area contributed by atoms with Crippen molar-refractivity contribution in [2.75, 3.05) is 14.2 Å². The van der Waals surface area contributed by atoms with Crippen LogP contribution < -0.4 is 5.73 Å². The van der Waals surface area contributed by atoms with E-state index in [1.807, 2.05) is 19.9 Å². The van der Waals surface area contributed by atoms with Gasteiger partial charge in [0, 0.05) is 20.4 Å². The third kappa shape index (κ3) is 4.49. The van der Waals surface area contributed by atoms with E-state index in [2.05, 4.69) is 9.52 Å². The lowest BCUT2D eigenvalue weighted by Crippen LogP contribution is -2.43. The molecule has 9 nitrogen and oxygen atoms in total. The maximum Gasteiger partial charge on any atom is 0.472 e. The van der Waals surface area contributed by atoms with Gasteiger partial charge in [0.05, 0.1) is 6.10 Å². The van der Waals surface area contributed by atoms with Crippen LogP contribution in [0.1, 0.15) is 26.7 Å². The van der Waals surface area contributed by atoms with Gasteiger partial charge in [-0.2, -0.15) is 0 Å². The van der Waals surface area contributed by atoms with Crippen molar-refractivity contribution in [3.63, 3.8) is 0 Å². The van der Waals surface area contributed by atoms with Crippen molar-refractivity contribution in [1.82, 2.24) is 4.90 Å². The van der Waals surface area contributed by atoms with Gasteiger partial charge in [-0.15, -0.1) is 0 Å². The van der Waals surface area contributed by atoms with E-state index in [1.54, 1.807) is 17.2 Å². The number of methoxy groups -OCH3 is 1. The first-order valence-electron chi connectivity index (χ1n) is 8.12. The summed E-state index contributed by atoms with van der Waals surface area (Å²) in [7, 11) is -1.57. The van der Waals surface area contributed by atoms with Crippen molar-refractivity contribution in [3.05, 3.63) is 24.2 Å². The quantitative estimate of drug-likeness (QED) is 0.646. The molecule has 1 fully saturated rings. The van der Waals surface area contributed by atoms with Crippen LogP contribution in [0.2, 0.25) is 0 Å². The van der Waals surface area contributed by atoms with Crippen LogP contribution in [0.4, 0.5) is 0 Å². The number of ether oxygens (including phenoxy) is 2. The van der Waals surface area contributed by atoms with Gasteiger partial charge >= 0.3 is 7.82 Å². The Kier molecular flexibility index (Phi) is 6.79. The van der Waals surface area contributed by atoms with Crippen LogP contribution in [0, 0.1) is 0 Å². The van der Waals surface area contributed by atoms with Crippen molar-refractivity contribution in [3.8, 4) is 0 Å². The highest BCUT2D eigenvalue weighted by Gasteiger charge is 2.50. The van der Waals surface area contributed by atoms with Gasteiger partial charge in [-0.1, -0.05) is 13.8 Å². The van der Waals surface area contributed by atoms with Crippen LogP contribution in [-0.2, 0) is 23.1 Å². The molecule has 0 saturated carbocycles. The van der Waals surface area contributed by atoms with E-state index in [9.17, 15) is 9.46 Å². The van der Waals surface area contributed by atoms with E-state index in [1.165, 1.54) is 7.11 Å². The maximum absolute atomic E-state index is 11.9. The lowest BCUT2D eigenvalue weighted by atomic mass is 10.1. The Bertz CT molecular complexity index is 608. The van der Waals surface area contributed by atoms with Crippen LogP contribution >= 0.6 is 7.82 Å². The van der Waals surface area contributed by atoms with E-state index in [4.69, 9.17) is 19.7 Å². The summed E-state index contributed by atoms with van der Waals surface area (Å²) in [6, 6.07) is 0. The molecule has 2 rings (SSSR count). The molecular formula is C15H26N3O6P. The van der Waals surface area contributed by atoms with Crippen LogP contribution in [-0.4, -0.2) is 54.4 Å². The van der Waals surface area contributed by atoms with Crippen molar-refractivity contribution < 1.29 is 28.0 Å². The smallest absolute Gasteiger partial charge is 0.384 e. The molecule has 2 aliphatic heterocycles. The highest BCUT2D eigenvalue weighted by atomic mass is 31.2. The molecule has 5 atom stereocenters. The average molecular weight is 375 g/mol. The first kappa shape index (κ1) is 20.1. The van der Waals surface area contributed by atoms with Gasteiger partial charge in [-0.3, -0.25) is 9.05 Å². The molecule has 1 saturated heterocycles. The molecule has 0 spiro atoms. The number of phosphoric acid groups is 1. The Morgan fingerprint density at radius 2 is 2.16 bits per heavy atom. The fraction of sp³-hybridized carbons (Fsp3) is 0.667. The second-order valence-corrected chi connectivity index (χ2v) is 7.14. The van der Waals surface area contributed by atoms with Crippen LogP contribution in [0.25, 0.3) is 0 Å². The minimum atomic E-state index is -4.19. The SMILES string of the molecule is CCC=C1N=C(N)C=CN1[C@@H]1O[C@H](CC)C(OP(=O)(O)OC)C1OC. The van der Waals surface area contributed by atoms with Crippen molar-refractivity contribution in [2.45, 2.75) is 51.2 Å². The van der Waals surface area contributed by atoms with E-state index in [0.29, 0.717) is 18.1 Å². The summed E-state index contributed by atoms with van der Waals surface area (Å²) in [6.07, 6.45) is 4.24. The summed E-state index contributed by atoms with van der Waals surface area (Å²) in [5.41, 5.74) is 5.78. The van der Waals surface area contributed by atoms with Crippen molar-refractivity contribution in [2.24, 2.45) is 10.7 Å². The Morgan fingerprint density at radius 3 is 2.72 bits per heavy atom. The summed E-state index contributed by atoms with van der Waals surface area (Å²) in [4.78, 5) is 15.8. The maximum atomic E-state index is 11.9. The van der Waals surface area contributed by atoms with E-state index in [0.717, 1.165) is 13.5 Å². The average Bonchev–Trinajstić information content (AvgIpc) is 2.92. The molecule has 10 heteroatoms. The van der Waals surface area contributed by atoms with Gasteiger partial charge in [0.2, 0.25) is 0 Å². The minimum Gasteiger partial charge on any atom is -0.384 e. The fourth-order valence-corrected chi connectivity index (χ4v) is 3.49. The van der Waals surface area contributed by atoms with E-state index >= 15 is 0 Å². The number of nitrogens with two attached hydrogens (primary N) is 1. The van der Waals surface area contributed by atoms with Crippen molar-refractivity contribution >= 4 is 13.7 Å². The van der Waals surface area contributed by atoms with Crippen LogP contribution in [0.5, 0.6) is 0 Å². The molecule has 0 aromatic heterocycles. The van der Waals surface area contributed by atoms with Gasteiger partial charge in [-0.25, -0.2) is 9.56 Å². The van der Waals surface area contributed by atoms with Gasteiger partial charge < -0.3 is 25.0 Å².